The number of ether oxygens (including phenoxy) is 11. The molecular weight excluding hydrogens is 646 g/mol. The van der Waals surface area contributed by atoms with Crippen molar-refractivity contribution in [3.63, 3.8) is 0 Å². The lowest BCUT2D eigenvalue weighted by atomic mass is 10.2. The molecule has 0 unspecified atom stereocenters. The van der Waals surface area contributed by atoms with Gasteiger partial charge in [-0.15, -0.1) is 0 Å². The highest BCUT2D eigenvalue weighted by Gasteiger charge is 2.07. The Bertz CT molecular complexity index is 877. The molecule has 49 heavy (non-hydrogen) atoms. The zero-order valence-electron chi connectivity index (χ0n) is 29.2. The van der Waals surface area contributed by atoms with Crippen LogP contribution >= 0.6 is 0 Å². The molecule has 0 aliphatic heterocycles. The third kappa shape index (κ3) is 31.3. The van der Waals surface area contributed by atoms with Crippen molar-refractivity contribution in [3.05, 3.63) is 29.8 Å². The minimum atomic E-state index is -0.878. The second-order valence-corrected chi connectivity index (χ2v) is 10.3. The molecule has 0 spiro atoms. The second-order valence-electron chi connectivity index (χ2n) is 10.3. The van der Waals surface area contributed by atoms with E-state index in [4.69, 9.17) is 57.2 Å². The van der Waals surface area contributed by atoms with Crippen molar-refractivity contribution >= 4 is 17.6 Å². The minimum Gasteiger partial charge on any atom is -0.481 e. The third-order valence-corrected chi connectivity index (χ3v) is 6.25. The number of unbranched alkanes of at least 4 members (excludes halogenated alkanes) is 1. The Morgan fingerprint density at radius 3 is 1.16 bits per heavy atom. The van der Waals surface area contributed by atoms with E-state index in [0.717, 1.165) is 25.1 Å². The van der Waals surface area contributed by atoms with Crippen molar-refractivity contribution in [2.45, 2.75) is 26.2 Å². The Morgan fingerprint density at radius 1 is 0.510 bits per heavy atom. The third-order valence-electron chi connectivity index (χ3n) is 6.25. The number of carboxylic acids is 1. The van der Waals surface area contributed by atoms with E-state index in [1.54, 1.807) is 12.1 Å². The number of aliphatic carboxylic acids is 1. The molecule has 0 radical (unpaired) electrons. The van der Waals surface area contributed by atoms with Crippen LogP contribution in [0.3, 0.4) is 0 Å². The molecule has 0 aliphatic carbocycles. The lowest BCUT2D eigenvalue weighted by molar-refractivity contribution is -0.138. The van der Waals surface area contributed by atoms with E-state index in [9.17, 15) is 9.59 Å². The van der Waals surface area contributed by atoms with Gasteiger partial charge in [-0.3, -0.25) is 4.79 Å². The fraction of sp³-hybridized carbons (Fsp3) is 0.765. The Morgan fingerprint density at radius 2 is 0.837 bits per heavy atom. The Labute approximate surface area is 291 Å². The van der Waals surface area contributed by atoms with Gasteiger partial charge in [-0.25, -0.2) is 4.79 Å². The summed E-state index contributed by atoms with van der Waals surface area (Å²) in [5.41, 5.74) is 1.50. The first kappa shape index (κ1) is 44.6. The van der Waals surface area contributed by atoms with Crippen LogP contribution < -0.4 is 5.32 Å². The first-order chi connectivity index (χ1) is 24.1. The normalized spacial score (nSPS) is 11.2. The SMILES string of the molecule is CCCCNc1ccc(C(=O)OCCOCCOCCOCCOCCOCCOCCOCCOCCOCCOCCC(=O)O)cc1. The molecular formula is C34H59NO14. The summed E-state index contributed by atoms with van der Waals surface area (Å²) in [6.45, 7) is 11.9. The van der Waals surface area contributed by atoms with E-state index in [1.807, 2.05) is 12.1 Å². The molecule has 15 heteroatoms. The van der Waals surface area contributed by atoms with Crippen LogP contribution in [0.2, 0.25) is 0 Å². The van der Waals surface area contributed by atoms with E-state index < -0.39 is 5.97 Å². The molecule has 1 aromatic rings. The molecule has 2 N–H and O–H groups in total. The largest absolute Gasteiger partial charge is 0.481 e. The van der Waals surface area contributed by atoms with Gasteiger partial charge in [0, 0.05) is 12.2 Å². The number of carbonyl (C=O) groups is 2. The summed E-state index contributed by atoms with van der Waals surface area (Å²) in [5, 5.41) is 11.8. The number of carboxylic acid groups (broad SMARTS) is 1. The quantitative estimate of drug-likeness (QED) is 0.0761. The van der Waals surface area contributed by atoms with Crippen LogP contribution in [0.15, 0.2) is 24.3 Å². The zero-order valence-corrected chi connectivity index (χ0v) is 29.2. The molecule has 1 aromatic carbocycles. The van der Waals surface area contributed by atoms with Crippen molar-refractivity contribution in [1.82, 2.24) is 0 Å². The van der Waals surface area contributed by atoms with Crippen molar-refractivity contribution in [1.29, 1.82) is 0 Å². The van der Waals surface area contributed by atoms with Gasteiger partial charge in [-0.2, -0.15) is 0 Å². The number of anilines is 1. The fourth-order valence-corrected chi connectivity index (χ4v) is 3.65. The van der Waals surface area contributed by atoms with Gasteiger partial charge in [0.2, 0.25) is 0 Å². The zero-order chi connectivity index (χ0) is 35.3. The monoisotopic (exact) mass is 705 g/mol. The lowest BCUT2D eigenvalue weighted by Gasteiger charge is -2.09. The molecule has 0 aliphatic rings. The Hall–Kier alpha value is -2.44. The van der Waals surface area contributed by atoms with Crippen molar-refractivity contribution in [2.24, 2.45) is 0 Å². The number of rotatable bonds is 38. The van der Waals surface area contributed by atoms with Crippen LogP contribution in [0.5, 0.6) is 0 Å². The van der Waals surface area contributed by atoms with Crippen LogP contribution in [0.1, 0.15) is 36.5 Å². The van der Waals surface area contributed by atoms with E-state index in [1.165, 1.54) is 0 Å². The van der Waals surface area contributed by atoms with Gasteiger partial charge in [0.15, 0.2) is 0 Å². The Kier molecular flexibility index (Phi) is 32.2. The minimum absolute atomic E-state index is 0.00632. The van der Waals surface area contributed by atoms with E-state index >= 15 is 0 Å². The molecule has 0 amide bonds. The standard InChI is InChI=1S/C34H59NO14/c1-2-3-9-35-32-6-4-31(5-7-32)34(38)49-30-29-48-28-27-47-26-25-46-24-23-45-22-21-44-20-19-43-18-17-42-16-15-41-14-13-40-12-11-39-10-8-33(36)37/h4-7,35H,2-3,8-30H2,1H3,(H,36,37). The number of esters is 1. The summed E-state index contributed by atoms with van der Waals surface area (Å²) in [6, 6.07) is 7.27. The molecule has 0 aromatic heterocycles. The summed E-state index contributed by atoms with van der Waals surface area (Å²) in [6.07, 6.45) is 2.23. The maximum Gasteiger partial charge on any atom is 0.338 e. The predicted molar refractivity (Wildman–Crippen MR) is 181 cm³/mol. The van der Waals surface area contributed by atoms with Gasteiger partial charge in [0.25, 0.3) is 0 Å². The van der Waals surface area contributed by atoms with Crippen molar-refractivity contribution in [2.75, 3.05) is 151 Å². The summed E-state index contributed by atoms with van der Waals surface area (Å²) < 4.78 is 59.3. The van der Waals surface area contributed by atoms with Gasteiger partial charge < -0.3 is 62.5 Å². The average Bonchev–Trinajstić information content (AvgIpc) is 3.10. The molecule has 284 valence electrons. The van der Waals surface area contributed by atoms with Gasteiger partial charge in [0.05, 0.1) is 144 Å². The van der Waals surface area contributed by atoms with Crippen LogP contribution in [0.25, 0.3) is 0 Å². The smallest absolute Gasteiger partial charge is 0.338 e. The highest BCUT2D eigenvalue weighted by Crippen LogP contribution is 2.11. The molecule has 0 atom stereocenters. The summed E-state index contributed by atoms with van der Waals surface area (Å²) in [5.74, 6) is -1.24. The topological polar surface area (TPSA) is 168 Å². The highest BCUT2D eigenvalue weighted by molar-refractivity contribution is 5.89. The number of nitrogens with one attached hydrogen (secondary N) is 1. The number of benzene rings is 1. The summed E-state index contributed by atoms with van der Waals surface area (Å²) in [7, 11) is 0. The Balaban J connectivity index is 1.70. The number of hydrogen-bond donors (Lipinski definition) is 2. The van der Waals surface area contributed by atoms with Gasteiger partial charge in [-0.1, -0.05) is 13.3 Å². The van der Waals surface area contributed by atoms with E-state index in [2.05, 4.69) is 12.2 Å². The molecule has 0 saturated heterocycles. The van der Waals surface area contributed by atoms with Crippen LogP contribution in [-0.4, -0.2) is 162 Å². The number of hydrogen-bond acceptors (Lipinski definition) is 14. The lowest BCUT2D eigenvalue weighted by Crippen LogP contribution is -2.15. The highest BCUT2D eigenvalue weighted by atomic mass is 16.6. The van der Waals surface area contributed by atoms with Crippen LogP contribution in [0, 0.1) is 0 Å². The average molecular weight is 706 g/mol. The fourth-order valence-electron chi connectivity index (χ4n) is 3.65. The van der Waals surface area contributed by atoms with E-state index in [-0.39, 0.29) is 25.6 Å². The van der Waals surface area contributed by atoms with Crippen LogP contribution in [-0.2, 0) is 56.9 Å². The maximum absolute atomic E-state index is 12.1. The molecule has 15 nitrogen and oxygen atoms in total. The van der Waals surface area contributed by atoms with Gasteiger partial charge in [0.1, 0.15) is 6.61 Å². The predicted octanol–water partition coefficient (Wildman–Crippen LogP) is 2.70. The van der Waals surface area contributed by atoms with E-state index in [0.29, 0.717) is 131 Å². The molecule has 0 fully saturated rings. The molecule has 0 bridgehead atoms. The first-order valence-corrected chi connectivity index (χ1v) is 17.1. The van der Waals surface area contributed by atoms with Crippen molar-refractivity contribution in [3.8, 4) is 0 Å². The van der Waals surface area contributed by atoms with Gasteiger partial charge >= 0.3 is 11.9 Å². The van der Waals surface area contributed by atoms with Gasteiger partial charge in [-0.05, 0) is 30.7 Å². The number of carbonyl (C=O) groups excluding carboxylic acids is 1. The maximum atomic E-state index is 12.1. The molecule has 0 saturated carbocycles. The van der Waals surface area contributed by atoms with Crippen molar-refractivity contribution < 1.29 is 66.8 Å². The summed E-state index contributed by atoms with van der Waals surface area (Å²) >= 11 is 0. The summed E-state index contributed by atoms with van der Waals surface area (Å²) in [4.78, 5) is 22.5. The first-order valence-electron chi connectivity index (χ1n) is 17.1. The molecule has 0 heterocycles. The second kappa shape index (κ2) is 35.4. The van der Waals surface area contributed by atoms with Crippen LogP contribution in [0.4, 0.5) is 5.69 Å². The molecule has 1 rings (SSSR count).